The second kappa shape index (κ2) is 12.2. The third-order valence-electron chi connectivity index (χ3n) is 7.07. The minimum absolute atomic E-state index is 0.0603. The van der Waals surface area contributed by atoms with Gasteiger partial charge in [0.05, 0.1) is 11.7 Å². The van der Waals surface area contributed by atoms with E-state index in [2.05, 4.69) is 0 Å². The zero-order valence-corrected chi connectivity index (χ0v) is 22.4. The summed E-state index contributed by atoms with van der Waals surface area (Å²) in [5, 5.41) is 9.92. The van der Waals surface area contributed by atoms with Gasteiger partial charge in [-0.15, -0.1) is 0 Å². The number of imidazole rings is 1. The molecule has 0 bridgehead atoms. The van der Waals surface area contributed by atoms with Crippen LogP contribution in [0.15, 0.2) is 54.7 Å². The number of halogens is 2. The van der Waals surface area contributed by atoms with Crippen LogP contribution in [-0.2, 0) is 16.1 Å². The Morgan fingerprint density at radius 1 is 1.21 bits per heavy atom. The van der Waals surface area contributed by atoms with Crippen molar-refractivity contribution in [1.82, 2.24) is 14.5 Å². The Balaban J connectivity index is 1.80. The van der Waals surface area contributed by atoms with Crippen LogP contribution in [0.4, 0.5) is 8.78 Å². The zero-order chi connectivity index (χ0) is 27.3. The number of aliphatic hydroxyl groups excluding tert-OH is 1. The number of carbonyl (C=O) groups excluding carboxylic acids is 1. The molecule has 2 heterocycles. The number of hydrogen-bond donors (Lipinski definition) is 1. The van der Waals surface area contributed by atoms with E-state index in [1.54, 1.807) is 11.1 Å². The molecule has 0 aliphatic carbocycles. The monoisotopic (exact) mass is 525 g/mol. The Morgan fingerprint density at radius 3 is 2.63 bits per heavy atom. The van der Waals surface area contributed by atoms with Crippen LogP contribution in [-0.4, -0.2) is 51.8 Å². The van der Waals surface area contributed by atoms with Gasteiger partial charge in [0.15, 0.2) is 0 Å². The van der Waals surface area contributed by atoms with Gasteiger partial charge in [-0.25, -0.2) is 13.8 Å². The molecule has 0 saturated carbocycles. The van der Waals surface area contributed by atoms with Gasteiger partial charge in [0.25, 0.3) is 0 Å². The van der Waals surface area contributed by atoms with E-state index >= 15 is 0 Å². The molecule has 6 nitrogen and oxygen atoms in total. The van der Waals surface area contributed by atoms with Crippen LogP contribution in [0.5, 0.6) is 0 Å². The van der Waals surface area contributed by atoms with Gasteiger partial charge in [-0.05, 0) is 54.4 Å². The number of carbonyl (C=O) groups is 1. The molecular formula is C30H37F2N3O3. The largest absolute Gasteiger partial charge is 0.387 e. The minimum atomic E-state index is -0.626. The van der Waals surface area contributed by atoms with Crippen molar-refractivity contribution in [2.45, 2.75) is 52.6 Å². The van der Waals surface area contributed by atoms with Crippen LogP contribution >= 0.6 is 0 Å². The van der Waals surface area contributed by atoms with Crippen molar-refractivity contribution in [3.63, 3.8) is 0 Å². The number of aromatic nitrogens is 2. The maximum Gasteiger partial charge on any atom is 0.248 e. The second-order valence-electron chi connectivity index (χ2n) is 11.1. The van der Waals surface area contributed by atoms with Crippen LogP contribution in [0, 0.1) is 23.0 Å². The maximum atomic E-state index is 14.8. The third-order valence-corrected chi connectivity index (χ3v) is 7.07. The lowest BCUT2D eigenvalue weighted by molar-refractivity contribution is -0.140. The van der Waals surface area contributed by atoms with Crippen molar-refractivity contribution in [2.24, 2.45) is 11.3 Å². The smallest absolute Gasteiger partial charge is 0.248 e. The van der Waals surface area contributed by atoms with Crippen molar-refractivity contribution in [1.29, 1.82) is 0 Å². The molecule has 204 valence electrons. The highest BCUT2D eigenvalue weighted by molar-refractivity contribution is 5.77. The number of benzene rings is 2. The van der Waals surface area contributed by atoms with E-state index < -0.39 is 35.6 Å². The number of nitrogens with zero attached hydrogens (tertiary/aromatic N) is 3. The van der Waals surface area contributed by atoms with E-state index in [4.69, 9.17) is 9.72 Å². The van der Waals surface area contributed by atoms with Gasteiger partial charge >= 0.3 is 0 Å². The molecule has 1 aliphatic rings. The molecule has 4 rings (SSSR count). The average molecular weight is 526 g/mol. The maximum absolute atomic E-state index is 14.8. The standard InChI is InChI=1S/C30H37F2N3O3/c1-30(2,3)28(35(27(37)19-36)14-13-22-10-7-15-38-20-22)29-33-26(24-16-23(31)11-12-25(24)32)18-34(29)17-21-8-5-4-6-9-21/h4-6,8-9,11-12,16,18,22,28,36H,7,10,13-15,17,19-20H2,1-3H3/t22-,28+/m1/s1. The van der Waals surface area contributed by atoms with E-state index in [9.17, 15) is 18.7 Å². The van der Waals surface area contributed by atoms with E-state index in [1.165, 1.54) is 0 Å². The molecule has 1 N–H and O–H groups in total. The fourth-order valence-corrected chi connectivity index (χ4v) is 5.22. The summed E-state index contributed by atoms with van der Waals surface area (Å²) in [4.78, 5) is 19.7. The van der Waals surface area contributed by atoms with Crippen LogP contribution in [0.3, 0.4) is 0 Å². The van der Waals surface area contributed by atoms with E-state index in [0.717, 1.165) is 49.6 Å². The summed E-state index contributed by atoms with van der Waals surface area (Å²) >= 11 is 0. The number of amides is 1. The summed E-state index contributed by atoms with van der Waals surface area (Å²) in [5.74, 6) is -0.634. The molecule has 38 heavy (non-hydrogen) atoms. The fraction of sp³-hybridized carbons (Fsp3) is 0.467. The van der Waals surface area contributed by atoms with Crippen molar-refractivity contribution in [3.8, 4) is 11.3 Å². The number of aliphatic hydroxyl groups is 1. The predicted octanol–water partition coefficient (Wildman–Crippen LogP) is 5.60. The summed E-state index contributed by atoms with van der Waals surface area (Å²) in [6.07, 6.45) is 4.48. The molecule has 3 aromatic rings. The Hall–Kier alpha value is -3.10. The molecule has 0 spiro atoms. The number of rotatable bonds is 9. The first-order valence-electron chi connectivity index (χ1n) is 13.2. The lowest BCUT2D eigenvalue weighted by Gasteiger charge is -2.40. The molecule has 0 unspecified atom stereocenters. The molecular weight excluding hydrogens is 488 g/mol. The first-order valence-corrected chi connectivity index (χ1v) is 13.2. The highest BCUT2D eigenvalue weighted by Crippen LogP contribution is 2.40. The van der Waals surface area contributed by atoms with E-state index in [-0.39, 0.29) is 5.56 Å². The number of hydrogen-bond acceptors (Lipinski definition) is 4. The average Bonchev–Trinajstić information content (AvgIpc) is 3.30. The Labute approximate surface area is 223 Å². The van der Waals surface area contributed by atoms with Gasteiger partial charge in [-0.1, -0.05) is 51.1 Å². The molecule has 0 radical (unpaired) electrons. The predicted molar refractivity (Wildman–Crippen MR) is 142 cm³/mol. The van der Waals surface area contributed by atoms with Crippen molar-refractivity contribution in [2.75, 3.05) is 26.4 Å². The quantitative estimate of drug-likeness (QED) is 0.395. The van der Waals surface area contributed by atoms with E-state index in [0.29, 0.717) is 37.1 Å². The molecule has 8 heteroatoms. The third kappa shape index (κ3) is 6.66. The topological polar surface area (TPSA) is 67.6 Å². The van der Waals surface area contributed by atoms with Gasteiger partial charge < -0.3 is 19.3 Å². The Kier molecular flexibility index (Phi) is 8.95. The van der Waals surface area contributed by atoms with Gasteiger partial charge in [-0.3, -0.25) is 4.79 Å². The van der Waals surface area contributed by atoms with Crippen molar-refractivity contribution < 1.29 is 23.4 Å². The van der Waals surface area contributed by atoms with Gasteiger partial charge in [0.1, 0.15) is 24.1 Å². The SMILES string of the molecule is CC(C)(C)[C@H](c1nc(-c2cc(F)ccc2F)cn1Cc1ccccc1)N(CC[C@H]1CCCOC1)C(=O)CO. The Bertz CT molecular complexity index is 1220. The molecule has 2 atom stereocenters. The van der Waals surface area contributed by atoms with Crippen LogP contribution in [0.25, 0.3) is 11.3 Å². The summed E-state index contributed by atoms with van der Waals surface area (Å²) in [6.45, 7) is 7.71. The normalized spacial score (nSPS) is 16.8. The summed E-state index contributed by atoms with van der Waals surface area (Å²) in [5.41, 5.74) is 0.875. The number of ether oxygens (including phenoxy) is 1. The van der Waals surface area contributed by atoms with Gasteiger partial charge in [0.2, 0.25) is 5.91 Å². The van der Waals surface area contributed by atoms with Crippen LogP contribution in [0.2, 0.25) is 0 Å². The summed E-state index contributed by atoms with van der Waals surface area (Å²) in [6, 6.07) is 12.6. The first-order chi connectivity index (χ1) is 18.2. The highest BCUT2D eigenvalue weighted by Gasteiger charge is 2.38. The van der Waals surface area contributed by atoms with Gasteiger partial charge in [0, 0.05) is 38.1 Å². The van der Waals surface area contributed by atoms with Gasteiger partial charge in [-0.2, -0.15) is 0 Å². The van der Waals surface area contributed by atoms with E-state index in [1.807, 2.05) is 55.7 Å². The first kappa shape index (κ1) is 27.9. The second-order valence-corrected chi connectivity index (χ2v) is 11.1. The zero-order valence-electron chi connectivity index (χ0n) is 22.4. The molecule has 1 aliphatic heterocycles. The fourth-order valence-electron chi connectivity index (χ4n) is 5.22. The Morgan fingerprint density at radius 2 is 1.97 bits per heavy atom. The molecule has 1 amide bonds. The van der Waals surface area contributed by atoms with Crippen LogP contribution in [0.1, 0.15) is 57.5 Å². The lowest BCUT2D eigenvalue weighted by atomic mass is 9.84. The molecule has 1 fully saturated rings. The molecule has 1 aromatic heterocycles. The lowest BCUT2D eigenvalue weighted by Crippen LogP contribution is -2.45. The summed E-state index contributed by atoms with van der Waals surface area (Å²) in [7, 11) is 0. The molecule has 2 aromatic carbocycles. The highest BCUT2D eigenvalue weighted by atomic mass is 19.1. The summed E-state index contributed by atoms with van der Waals surface area (Å²) < 4.78 is 36.4. The van der Waals surface area contributed by atoms with Crippen molar-refractivity contribution in [3.05, 3.63) is 77.8 Å². The minimum Gasteiger partial charge on any atom is -0.387 e. The van der Waals surface area contributed by atoms with Crippen LogP contribution < -0.4 is 0 Å². The van der Waals surface area contributed by atoms with Crippen molar-refractivity contribution >= 4 is 5.91 Å². The molecule has 1 saturated heterocycles.